The third-order valence-electron chi connectivity index (χ3n) is 3.53. The highest BCUT2D eigenvalue weighted by atomic mass is 15.3. The maximum Gasteiger partial charge on any atom is 0.193 e. The number of unbranched alkanes of at least 4 members (excludes halogenated alkanes) is 1. The number of nitrogens with one attached hydrogen (secondary N) is 1. The average Bonchev–Trinajstić information content (AvgIpc) is 2.42. The van der Waals surface area contributed by atoms with Crippen molar-refractivity contribution < 1.29 is 0 Å². The molecule has 0 atom stereocenters. The third kappa shape index (κ3) is 5.56. The van der Waals surface area contributed by atoms with Crippen LogP contribution in [0.2, 0.25) is 0 Å². The first kappa shape index (κ1) is 15.1. The van der Waals surface area contributed by atoms with E-state index in [0.717, 1.165) is 19.0 Å². The lowest BCUT2D eigenvalue weighted by Crippen LogP contribution is -2.39. The van der Waals surface area contributed by atoms with Crippen molar-refractivity contribution in [2.45, 2.75) is 51.9 Å². The summed E-state index contributed by atoms with van der Waals surface area (Å²) in [6, 6.07) is 0. The van der Waals surface area contributed by atoms with Crippen molar-refractivity contribution in [2.75, 3.05) is 27.2 Å². The monoisotopic (exact) mass is 251 g/mol. The Bertz CT molecular complexity index is 281. The summed E-state index contributed by atoms with van der Waals surface area (Å²) in [6.45, 7) is 4.31. The van der Waals surface area contributed by atoms with Gasteiger partial charge in [0.15, 0.2) is 5.96 Å². The van der Waals surface area contributed by atoms with Crippen LogP contribution in [0.3, 0.4) is 0 Å². The Hall–Kier alpha value is -0.990. The minimum Gasteiger partial charge on any atom is -0.356 e. The molecule has 0 heterocycles. The Morgan fingerprint density at radius 1 is 1.44 bits per heavy atom. The van der Waals surface area contributed by atoms with Gasteiger partial charge in [-0.15, -0.1) is 0 Å². The van der Waals surface area contributed by atoms with Crippen LogP contribution in [-0.4, -0.2) is 38.0 Å². The van der Waals surface area contributed by atoms with E-state index in [9.17, 15) is 0 Å². The molecule has 3 nitrogen and oxygen atoms in total. The Morgan fingerprint density at radius 2 is 2.28 bits per heavy atom. The van der Waals surface area contributed by atoms with E-state index in [2.05, 4.69) is 35.3 Å². The molecule has 0 spiro atoms. The SMILES string of the molecule is CCCCN(C)C(=NC)NCCC1=CCCCC1. The molecule has 104 valence electrons. The number of hydrogen-bond acceptors (Lipinski definition) is 1. The van der Waals surface area contributed by atoms with Crippen molar-refractivity contribution in [3.8, 4) is 0 Å². The van der Waals surface area contributed by atoms with Crippen molar-refractivity contribution in [3.63, 3.8) is 0 Å². The molecule has 0 saturated heterocycles. The molecule has 1 aliphatic carbocycles. The molecule has 0 unspecified atom stereocenters. The number of allylic oxidation sites excluding steroid dienone is 1. The van der Waals surface area contributed by atoms with E-state index in [1.807, 2.05) is 7.05 Å². The summed E-state index contributed by atoms with van der Waals surface area (Å²) >= 11 is 0. The van der Waals surface area contributed by atoms with Crippen molar-refractivity contribution >= 4 is 5.96 Å². The fourth-order valence-corrected chi connectivity index (χ4v) is 2.35. The van der Waals surface area contributed by atoms with Gasteiger partial charge >= 0.3 is 0 Å². The summed E-state index contributed by atoms with van der Waals surface area (Å²) in [7, 11) is 3.98. The molecule has 3 heteroatoms. The van der Waals surface area contributed by atoms with Gasteiger partial charge in [0, 0.05) is 27.2 Å². The van der Waals surface area contributed by atoms with E-state index in [-0.39, 0.29) is 0 Å². The predicted octanol–water partition coefficient (Wildman–Crippen LogP) is 3.18. The molecule has 1 N–H and O–H groups in total. The Morgan fingerprint density at radius 3 is 2.89 bits per heavy atom. The van der Waals surface area contributed by atoms with Crippen LogP contribution in [0.5, 0.6) is 0 Å². The van der Waals surface area contributed by atoms with Gasteiger partial charge in [-0.3, -0.25) is 4.99 Å². The van der Waals surface area contributed by atoms with E-state index < -0.39 is 0 Å². The molecule has 0 fully saturated rings. The Balaban J connectivity index is 2.24. The quantitative estimate of drug-likeness (QED) is 0.446. The van der Waals surface area contributed by atoms with Gasteiger partial charge < -0.3 is 10.2 Å². The second-order valence-corrected chi connectivity index (χ2v) is 5.11. The van der Waals surface area contributed by atoms with Crippen LogP contribution < -0.4 is 5.32 Å². The molecule has 0 aliphatic heterocycles. The first-order valence-corrected chi connectivity index (χ1v) is 7.37. The summed E-state index contributed by atoms with van der Waals surface area (Å²) in [4.78, 5) is 6.56. The minimum absolute atomic E-state index is 1.01. The zero-order valence-electron chi connectivity index (χ0n) is 12.3. The van der Waals surface area contributed by atoms with E-state index in [1.54, 1.807) is 5.57 Å². The summed E-state index contributed by atoms with van der Waals surface area (Å²) in [6.07, 6.45) is 11.4. The van der Waals surface area contributed by atoms with Crippen molar-refractivity contribution in [1.82, 2.24) is 10.2 Å². The first-order valence-electron chi connectivity index (χ1n) is 7.37. The molecule has 1 aliphatic rings. The highest BCUT2D eigenvalue weighted by Gasteiger charge is 2.06. The molecule has 0 aromatic rings. The van der Waals surface area contributed by atoms with Gasteiger partial charge in [-0.05, 0) is 38.5 Å². The van der Waals surface area contributed by atoms with Gasteiger partial charge in [0.1, 0.15) is 0 Å². The van der Waals surface area contributed by atoms with Crippen LogP contribution in [0.1, 0.15) is 51.9 Å². The van der Waals surface area contributed by atoms with Crippen molar-refractivity contribution in [1.29, 1.82) is 0 Å². The number of rotatable bonds is 6. The normalized spacial score (nSPS) is 16.4. The molecular weight excluding hydrogens is 222 g/mol. The zero-order chi connectivity index (χ0) is 13.2. The third-order valence-corrected chi connectivity index (χ3v) is 3.53. The van der Waals surface area contributed by atoms with Crippen LogP contribution in [-0.2, 0) is 0 Å². The first-order chi connectivity index (χ1) is 8.77. The molecule has 0 amide bonds. The van der Waals surface area contributed by atoms with Gasteiger partial charge in [0.05, 0.1) is 0 Å². The lowest BCUT2D eigenvalue weighted by atomic mass is 9.97. The van der Waals surface area contributed by atoms with Crippen molar-refractivity contribution in [3.05, 3.63) is 11.6 Å². The van der Waals surface area contributed by atoms with E-state index in [0.29, 0.717) is 0 Å². The summed E-state index contributed by atoms with van der Waals surface area (Å²) in [5.41, 5.74) is 1.63. The van der Waals surface area contributed by atoms with Crippen molar-refractivity contribution in [2.24, 2.45) is 4.99 Å². The van der Waals surface area contributed by atoms with Crippen LogP contribution in [0.15, 0.2) is 16.6 Å². The fraction of sp³-hybridized carbons (Fsp3) is 0.800. The van der Waals surface area contributed by atoms with Gasteiger partial charge in [-0.2, -0.15) is 0 Å². The van der Waals surface area contributed by atoms with E-state index >= 15 is 0 Å². The molecule has 0 radical (unpaired) electrons. The molecule has 0 aromatic heterocycles. The average molecular weight is 251 g/mol. The number of nitrogens with zero attached hydrogens (tertiary/aromatic N) is 2. The highest BCUT2D eigenvalue weighted by Crippen LogP contribution is 2.19. The molecule has 18 heavy (non-hydrogen) atoms. The number of aliphatic imine (C=N–C) groups is 1. The van der Waals surface area contributed by atoms with E-state index in [4.69, 9.17) is 0 Å². The van der Waals surface area contributed by atoms with Crippen LogP contribution in [0.4, 0.5) is 0 Å². The molecular formula is C15H29N3. The van der Waals surface area contributed by atoms with Crippen LogP contribution in [0, 0.1) is 0 Å². The van der Waals surface area contributed by atoms with Crippen LogP contribution in [0.25, 0.3) is 0 Å². The Kier molecular flexibility index (Phi) is 7.54. The second-order valence-electron chi connectivity index (χ2n) is 5.11. The van der Waals surface area contributed by atoms with Gasteiger partial charge in [0.2, 0.25) is 0 Å². The summed E-state index contributed by atoms with van der Waals surface area (Å²) in [5.74, 6) is 1.03. The highest BCUT2D eigenvalue weighted by molar-refractivity contribution is 5.79. The minimum atomic E-state index is 1.01. The second kappa shape index (κ2) is 9.01. The zero-order valence-corrected chi connectivity index (χ0v) is 12.3. The Labute approximate surface area is 112 Å². The standard InChI is InChI=1S/C15H29N3/c1-4-5-13-18(3)15(16-2)17-12-11-14-9-7-6-8-10-14/h9H,4-8,10-13H2,1-3H3,(H,16,17). The topological polar surface area (TPSA) is 27.6 Å². The molecule has 1 rings (SSSR count). The molecule has 0 bridgehead atoms. The maximum absolute atomic E-state index is 4.34. The lowest BCUT2D eigenvalue weighted by molar-refractivity contribution is 0.464. The number of guanidine groups is 1. The van der Waals surface area contributed by atoms with Gasteiger partial charge in [-0.25, -0.2) is 0 Å². The van der Waals surface area contributed by atoms with Gasteiger partial charge in [0.25, 0.3) is 0 Å². The largest absolute Gasteiger partial charge is 0.356 e. The van der Waals surface area contributed by atoms with Gasteiger partial charge in [-0.1, -0.05) is 25.0 Å². The fourth-order valence-electron chi connectivity index (χ4n) is 2.35. The maximum atomic E-state index is 4.34. The number of hydrogen-bond donors (Lipinski definition) is 1. The molecule has 0 aromatic carbocycles. The molecule has 0 saturated carbocycles. The predicted molar refractivity (Wildman–Crippen MR) is 80.1 cm³/mol. The van der Waals surface area contributed by atoms with E-state index in [1.165, 1.54) is 44.9 Å². The lowest BCUT2D eigenvalue weighted by Gasteiger charge is -2.22. The summed E-state index contributed by atoms with van der Waals surface area (Å²) < 4.78 is 0. The smallest absolute Gasteiger partial charge is 0.193 e. The summed E-state index contributed by atoms with van der Waals surface area (Å²) in [5, 5.41) is 3.46. The van der Waals surface area contributed by atoms with Crippen LogP contribution >= 0.6 is 0 Å².